The lowest BCUT2D eigenvalue weighted by molar-refractivity contribution is 0.0600. The second kappa shape index (κ2) is 10.5. The second-order valence-corrected chi connectivity index (χ2v) is 8.12. The molecule has 5 nitrogen and oxygen atoms in total. The molecular weight excluding hydrogens is 380 g/mol. The van der Waals surface area contributed by atoms with Crippen molar-refractivity contribution < 1.29 is 24.1 Å². The minimum Gasteiger partial charge on any atom is -0.496 e. The molecule has 0 bridgehead atoms. The van der Waals surface area contributed by atoms with Gasteiger partial charge in [-0.1, -0.05) is 18.2 Å². The van der Waals surface area contributed by atoms with Crippen molar-refractivity contribution in [3.8, 4) is 11.5 Å². The molecule has 0 amide bonds. The van der Waals surface area contributed by atoms with Gasteiger partial charge in [-0.25, -0.2) is 4.79 Å². The van der Waals surface area contributed by atoms with Crippen LogP contribution in [-0.4, -0.2) is 32.4 Å². The first-order valence-corrected chi connectivity index (χ1v) is 10.6. The van der Waals surface area contributed by atoms with E-state index in [1.54, 1.807) is 26.4 Å². The van der Waals surface area contributed by atoms with Gasteiger partial charge in [0, 0.05) is 0 Å². The van der Waals surface area contributed by atoms with Crippen LogP contribution in [0.5, 0.6) is 11.5 Å². The minimum atomic E-state index is -0.323. The summed E-state index contributed by atoms with van der Waals surface area (Å²) in [7, 11) is 4.70. The van der Waals surface area contributed by atoms with E-state index in [1.165, 1.54) is 43.9 Å². The molecule has 0 heterocycles. The van der Waals surface area contributed by atoms with Crippen molar-refractivity contribution in [3.05, 3.63) is 58.7 Å². The number of esters is 1. The molecule has 0 spiro atoms. The first kappa shape index (κ1) is 22.2. The van der Waals surface area contributed by atoms with Crippen LogP contribution < -0.4 is 9.47 Å². The van der Waals surface area contributed by atoms with Crippen molar-refractivity contribution >= 4 is 5.97 Å². The summed E-state index contributed by atoms with van der Waals surface area (Å²) in [5.41, 5.74) is 3.91. The molecule has 0 unspecified atom stereocenters. The highest BCUT2D eigenvalue weighted by molar-refractivity contribution is 5.89. The predicted molar refractivity (Wildman–Crippen MR) is 116 cm³/mol. The van der Waals surface area contributed by atoms with Crippen molar-refractivity contribution in [2.45, 2.75) is 45.1 Å². The van der Waals surface area contributed by atoms with E-state index < -0.39 is 0 Å². The largest absolute Gasteiger partial charge is 0.496 e. The summed E-state index contributed by atoms with van der Waals surface area (Å²) >= 11 is 0. The van der Waals surface area contributed by atoms with Gasteiger partial charge in [-0.05, 0) is 85.3 Å². The lowest BCUT2D eigenvalue weighted by atomic mass is 10.0. The lowest BCUT2D eigenvalue weighted by Gasteiger charge is -2.09. The van der Waals surface area contributed by atoms with Gasteiger partial charge >= 0.3 is 5.97 Å². The molecule has 5 heteroatoms. The van der Waals surface area contributed by atoms with Gasteiger partial charge < -0.3 is 19.3 Å². The summed E-state index contributed by atoms with van der Waals surface area (Å²) in [4.78, 5) is 11.3. The highest BCUT2D eigenvalue weighted by Crippen LogP contribution is 2.36. The minimum absolute atomic E-state index is 0.0834. The van der Waals surface area contributed by atoms with Gasteiger partial charge in [-0.2, -0.15) is 0 Å². The smallest absolute Gasteiger partial charge is 0.337 e. The standard InChI is InChI=1S/C13H16O3.C12H16O2/c1-15-12-8-11(13(14)16-2)6-5-10(12)7-9-3-4-9;1-14-12-7-10(8-13)4-5-11(12)6-9-2-3-9/h5-6,8-9H,3-4,7H2,1-2H3;4-5,7,9,13H,2-3,6,8H2,1H3. The zero-order valence-electron chi connectivity index (χ0n) is 18.1. The number of carbonyl (C=O) groups excluding carboxylic acids is 1. The fourth-order valence-corrected chi connectivity index (χ4v) is 3.48. The van der Waals surface area contributed by atoms with Crippen molar-refractivity contribution in [2.75, 3.05) is 21.3 Å². The molecular formula is C25H32O5. The second-order valence-electron chi connectivity index (χ2n) is 8.12. The van der Waals surface area contributed by atoms with E-state index in [0.717, 1.165) is 41.7 Å². The van der Waals surface area contributed by atoms with Gasteiger partial charge in [-0.3, -0.25) is 0 Å². The number of hydrogen-bond acceptors (Lipinski definition) is 5. The molecule has 1 N–H and O–H groups in total. The molecule has 2 fully saturated rings. The molecule has 2 aliphatic rings. The van der Waals surface area contributed by atoms with Crippen molar-refractivity contribution in [2.24, 2.45) is 11.8 Å². The van der Waals surface area contributed by atoms with Gasteiger partial charge in [-0.15, -0.1) is 0 Å². The van der Waals surface area contributed by atoms with Crippen LogP contribution in [0.1, 0.15) is 52.7 Å². The SMILES string of the molecule is COC(=O)c1ccc(CC2CC2)c(OC)c1.COc1cc(CO)ccc1CC1CC1. The van der Waals surface area contributed by atoms with Crippen LogP contribution in [0.25, 0.3) is 0 Å². The number of benzene rings is 2. The molecule has 30 heavy (non-hydrogen) atoms. The Labute approximate surface area is 179 Å². The fourth-order valence-electron chi connectivity index (χ4n) is 3.48. The number of aliphatic hydroxyl groups is 1. The van der Waals surface area contributed by atoms with E-state index in [9.17, 15) is 4.79 Å². The highest BCUT2D eigenvalue weighted by atomic mass is 16.5. The molecule has 2 saturated carbocycles. The molecule has 2 aliphatic carbocycles. The number of hydrogen-bond donors (Lipinski definition) is 1. The molecule has 0 atom stereocenters. The van der Waals surface area contributed by atoms with Gasteiger partial charge in [0.15, 0.2) is 0 Å². The van der Waals surface area contributed by atoms with Crippen molar-refractivity contribution in [1.29, 1.82) is 0 Å². The molecule has 0 aromatic heterocycles. The van der Waals surface area contributed by atoms with Gasteiger partial charge in [0.2, 0.25) is 0 Å². The van der Waals surface area contributed by atoms with E-state index in [-0.39, 0.29) is 12.6 Å². The molecule has 2 aromatic rings. The van der Waals surface area contributed by atoms with Crippen molar-refractivity contribution in [1.82, 2.24) is 0 Å². The summed E-state index contributed by atoms with van der Waals surface area (Å²) in [6.45, 7) is 0.0834. The molecule has 4 rings (SSSR count). The number of carbonyl (C=O) groups is 1. The Morgan fingerprint density at radius 1 is 0.867 bits per heavy atom. The maximum absolute atomic E-state index is 11.3. The molecule has 2 aromatic carbocycles. The number of aliphatic hydroxyl groups excluding tert-OH is 1. The van der Waals surface area contributed by atoms with E-state index in [2.05, 4.69) is 10.8 Å². The Bertz CT molecular complexity index is 853. The predicted octanol–water partition coefficient (Wildman–Crippen LogP) is 4.57. The third-order valence-corrected chi connectivity index (χ3v) is 5.65. The fraction of sp³-hybridized carbons (Fsp3) is 0.480. The molecule has 0 radical (unpaired) electrons. The van der Waals surface area contributed by atoms with Crippen LogP contribution >= 0.6 is 0 Å². The molecule has 162 valence electrons. The Morgan fingerprint density at radius 3 is 1.87 bits per heavy atom. The first-order valence-electron chi connectivity index (χ1n) is 10.6. The molecule has 0 saturated heterocycles. The third-order valence-electron chi connectivity index (χ3n) is 5.65. The summed E-state index contributed by atoms with van der Waals surface area (Å²) in [5.74, 6) is 3.05. The Kier molecular flexibility index (Phi) is 7.75. The number of rotatable bonds is 8. The Hall–Kier alpha value is -2.53. The van der Waals surface area contributed by atoms with Gasteiger partial charge in [0.1, 0.15) is 11.5 Å². The summed E-state index contributed by atoms with van der Waals surface area (Å²) < 4.78 is 15.3. The van der Waals surface area contributed by atoms with Gasteiger partial charge in [0.25, 0.3) is 0 Å². The van der Waals surface area contributed by atoms with Crippen LogP contribution in [0.4, 0.5) is 0 Å². The average Bonchev–Trinajstić information content (AvgIpc) is 3.71. The number of methoxy groups -OCH3 is 3. The first-order chi connectivity index (χ1) is 14.6. The van der Waals surface area contributed by atoms with E-state index in [4.69, 9.17) is 14.6 Å². The topological polar surface area (TPSA) is 65.0 Å². The summed E-state index contributed by atoms with van der Waals surface area (Å²) in [6, 6.07) is 11.5. The van der Waals surface area contributed by atoms with Crippen LogP contribution in [0.15, 0.2) is 36.4 Å². The van der Waals surface area contributed by atoms with E-state index in [1.807, 2.05) is 18.2 Å². The van der Waals surface area contributed by atoms with Crippen molar-refractivity contribution in [3.63, 3.8) is 0 Å². The normalized spacial score (nSPS) is 15.1. The van der Waals surface area contributed by atoms with Crippen LogP contribution in [0, 0.1) is 11.8 Å². The zero-order chi connectivity index (χ0) is 21.5. The maximum atomic E-state index is 11.3. The van der Waals surface area contributed by atoms with Crippen LogP contribution in [-0.2, 0) is 24.2 Å². The zero-order valence-corrected chi connectivity index (χ0v) is 18.1. The average molecular weight is 413 g/mol. The summed E-state index contributed by atoms with van der Waals surface area (Å²) in [6.07, 6.45) is 7.49. The molecule has 0 aliphatic heterocycles. The quantitative estimate of drug-likeness (QED) is 0.643. The highest BCUT2D eigenvalue weighted by Gasteiger charge is 2.24. The van der Waals surface area contributed by atoms with E-state index in [0.29, 0.717) is 5.56 Å². The number of ether oxygens (including phenoxy) is 3. The lowest BCUT2D eigenvalue weighted by Crippen LogP contribution is -2.03. The van der Waals surface area contributed by atoms with Gasteiger partial charge in [0.05, 0.1) is 33.5 Å². The Balaban J connectivity index is 0.000000172. The summed E-state index contributed by atoms with van der Waals surface area (Å²) in [5, 5.41) is 8.99. The Morgan fingerprint density at radius 2 is 1.40 bits per heavy atom. The maximum Gasteiger partial charge on any atom is 0.337 e. The third kappa shape index (κ3) is 6.23. The van der Waals surface area contributed by atoms with Crippen LogP contribution in [0.2, 0.25) is 0 Å². The van der Waals surface area contributed by atoms with Crippen LogP contribution in [0.3, 0.4) is 0 Å². The monoisotopic (exact) mass is 412 g/mol. The van der Waals surface area contributed by atoms with E-state index >= 15 is 0 Å².